The number of benzene rings is 2. The van der Waals surface area contributed by atoms with E-state index in [0.717, 1.165) is 17.0 Å². The molecule has 3 atom stereocenters. The highest BCUT2D eigenvalue weighted by atomic mass is 32.1. The highest BCUT2D eigenvalue weighted by Gasteiger charge is 2.59. The second-order valence-corrected chi connectivity index (χ2v) is 6.68. The normalized spacial score (nSPS) is 27.0. The Morgan fingerprint density at radius 3 is 2.60 bits per heavy atom. The molecule has 2 aliphatic heterocycles. The van der Waals surface area contributed by atoms with Crippen molar-refractivity contribution in [3.8, 4) is 5.75 Å². The average molecular weight is 354 g/mol. The fourth-order valence-electron chi connectivity index (χ4n) is 3.78. The van der Waals surface area contributed by atoms with Crippen LogP contribution in [0.5, 0.6) is 5.75 Å². The maximum absolute atomic E-state index is 12.7. The van der Waals surface area contributed by atoms with Gasteiger partial charge in [-0.1, -0.05) is 36.4 Å². The van der Waals surface area contributed by atoms with Gasteiger partial charge in [0.1, 0.15) is 11.7 Å². The topological polar surface area (TPSA) is 50.8 Å². The van der Waals surface area contributed by atoms with Gasteiger partial charge in [0.15, 0.2) is 5.11 Å². The summed E-state index contributed by atoms with van der Waals surface area (Å²) in [6.45, 7) is 1.89. The van der Waals surface area contributed by atoms with Crippen molar-refractivity contribution in [3.63, 3.8) is 0 Å². The van der Waals surface area contributed by atoms with E-state index in [1.807, 2.05) is 66.4 Å². The number of anilines is 1. The van der Waals surface area contributed by atoms with Gasteiger partial charge in [-0.05, 0) is 37.3 Å². The zero-order chi connectivity index (χ0) is 17.6. The zero-order valence-electron chi connectivity index (χ0n) is 13.9. The molecule has 2 aliphatic rings. The highest BCUT2D eigenvalue weighted by Crippen LogP contribution is 2.49. The Labute approximate surface area is 151 Å². The molecule has 0 saturated carbocycles. The molecule has 2 heterocycles. The number of ether oxygens (including phenoxy) is 2. The number of thiocarbonyl (C=S) groups is 1. The SMILES string of the molecule is COC(=O)[C@H]1[C@@H]2NC(=S)N(c3ccccc3)[C@]1(C)Oc1ccccc12. The van der Waals surface area contributed by atoms with E-state index in [9.17, 15) is 4.79 Å². The summed E-state index contributed by atoms with van der Waals surface area (Å²) in [4.78, 5) is 14.5. The first-order valence-electron chi connectivity index (χ1n) is 8.08. The lowest BCUT2D eigenvalue weighted by atomic mass is 9.79. The van der Waals surface area contributed by atoms with Gasteiger partial charge in [-0.2, -0.15) is 0 Å². The molecule has 0 spiro atoms. The van der Waals surface area contributed by atoms with Crippen LogP contribution in [0.4, 0.5) is 5.69 Å². The third-order valence-corrected chi connectivity index (χ3v) is 5.18. The van der Waals surface area contributed by atoms with Crippen molar-refractivity contribution in [1.82, 2.24) is 5.32 Å². The van der Waals surface area contributed by atoms with E-state index in [0.29, 0.717) is 5.11 Å². The third kappa shape index (κ3) is 2.28. The Morgan fingerprint density at radius 2 is 1.88 bits per heavy atom. The second kappa shape index (κ2) is 5.74. The molecule has 5 nitrogen and oxygen atoms in total. The number of carbonyl (C=O) groups is 1. The fraction of sp³-hybridized carbons (Fsp3) is 0.263. The molecule has 1 N–H and O–H groups in total. The molecule has 1 fully saturated rings. The largest absolute Gasteiger partial charge is 0.469 e. The molecule has 2 aromatic rings. The number of hydrogen-bond donors (Lipinski definition) is 1. The van der Waals surface area contributed by atoms with Gasteiger partial charge in [0.2, 0.25) is 5.72 Å². The van der Waals surface area contributed by atoms with E-state index < -0.39 is 11.6 Å². The van der Waals surface area contributed by atoms with Gasteiger partial charge < -0.3 is 14.8 Å². The number of fused-ring (bicyclic) bond motifs is 4. The zero-order valence-corrected chi connectivity index (χ0v) is 14.7. The van der Waals surface area contributed by atoms with Crippen LogP contribution in [0.2, 0.25) is 0 Å². The summed E-state index contributed by atoms with van der Waals surface area (Å²) in [7, 11) is 1.40. The van der Waals surface area contributed by atoms with Crippen molar-refractivity contribution in [3.05, 3.63) is 60.2 Å². The number of carbonyl (C=O) groups excluding carboxylic acids is 1. The Morgan fingerprint density at radius 1 is 1.20 bits per heavy atom. The molecule has 128 valence electrons. The Bertz CT molecular complexity index is 842. The molecule has 0 amide bonds. The molecule has 2 aromatic carbocycles. The Hall–Kier alpha value is -2.60. The van der Waals surface area contributed by atoms with Crippen LogP contribution in [0, 0.1) is 5.92 Å². The molecule has 0 unspecified atom stereocenters. The van der Waals surface area contributed by atoms with Gasteiger partial charge in [-0.15, -0.1) is 0 Å². The van der Waals surface area contributed by atoms with E-state index in [1.165, 1.54) is 7.11 Å². The predicted octanol–water partition coefficient (Wildman–Crippen LogP) is 3.02. The maximum atomic E-state index is 12.7. The molecule has 0 aliphatic carbocycles. The Kier molecular flexibility index (Phi) is 3.65. The maximum Gasteiger partial charge on any atom is 0.317 e. The minimum Gasteiger partial charge on any atom is -0.469 e. The predicted molar refractivity (Wildman–Crippen MR) is 98.4 cm³/mol. The Balaban J connectivity index is 1.91. The number of nitrogens with zero attached hydrogens (tertiary/aromatic N) is 1. The van der Waals surface area contributed by atoms with Crippen molar-refractivity contribution < 1.29 is 14.3 Å². The quantitative estimate of drug-likeness (QED) is 0.661. The van der Waals surface area contributed by atoms with E-state index in [-0.39, 0.29) is 12.0 Å². The van der Waals surface area contributed by atoms with Crippen molar-refractivity contribution in [2.45, 2.75) is 18.7 Å². The highest BCUT2D eigenvalue weighted by molar-refractivity contribution is 7.80. The minimum atomic E-state index is -0.990. The van der Waals surface area contributed by atoms with Crippen LogP contribution >= 0.6 is 12.2 Å². The summed E-state index contributed by atoms with van der Waals surface area (Å²) in [6, 6.07) is 17.1. The van der Waals surface area contributed by atoms with E-state index in [4.69, 9.17) is 21.7 Å². The van der Waals surface area contributed by atoms with Crippen molar-refractivity contribution >= 4 is 29.0 Å². The van der Waals surface area contributed by atoms with Crippen molar-refractivity contribution in [2.24, 2.45) is 5.92 Å². The van der Waals surface area contributed by atoms with E-state index >= 15 is 0 Å². The standard InChI is InChI=1S/C19H18N2O3S/c1-19-15(17(22)23-2)16(13-10-6-7-11-14(13)24-19)20-18(25)21(19)12-8-4-3-5-9-12/h3-11,15-16H,1-2H3,(H,20,25)/t15-,16-,19-/m1/s1. The number of para-hydroxylation sites is 2. The van der Waals surface area contributed by atoms with Gasteiger partial charge in [-0.3, -0.25) is 9.69 Å². The van der Waals surface area contributed by atoms with Gasteiger partial charge in [0.05, 0.1) is 13.2 Å². The molecule has 4 rings (SSSR count). The molecule has 6 heteroatoms. The van der Waals surface area contributed by atoms with Crippen LogP contribution in [0.1, 0.15) is 18.5 Å². The number of esters is 1. The first kappa shape index (κ1) is 15.9. The van der Waals surface area contributed by atoms with E-state index in [1.54, 1.807) is 0 Å². The summed E-state index contributed by atoms with van der Waals surface area (Å²) in [5, 5.41) is 3.84. The lowest BCUT2D eigenvalue weighted by molar-refractivity contribution is -0.157. The van der Waals surface area contributed by atoms with Crippen LogP contribution in [-0.2, 0) is 9.53 Å². The van der Waals surface area contributed by atoms with Crippen LogP contribution in [0.3, 0.4) is 0 Å². The van der Waals surface area contributed by atoms with E-state index in [2.05, 4.69) is 5.32 Å². The van der Waals surface area contributed by atoms with Gasteiger partial charge in [0, 0.05) is 11.3 Å². The van der Waals surface area contributed by atoms with Gasteiger partial charge in [0.25, 0.3) is 0 Å². The number of hydrogen-bond acceptors (Lipinski definition) is 4. The number of rotatable bonds is 2. The average Bonchev–Trinajstić information content (AvgIpc) is 2.61. The number of nitrogens with one attached hydrogen (secondary N) is 1. The molecular weight excluding hydrogens is 336 g/mol. The third-order valence-electron chi connectivity index (χ3n) is 4.88. The lowest BCUT2D eigenvalue weighted by Gasteiger charge is -2.55. The first-order valence-corrected chi connectivity index (χ1v) is 8.48. The van der Waals surface area contributed by atoms with Crippen molar-refractivity contribution in [2.75, 3.05) is 12.0 Å². The van der Waals surface area contributed by atoms with Gasteiger partial charge >= 0.3 is 5.97 Å². The van der Waals surface area contributed by atoms with Crippen molar-refractivity contribution in [1.29, 1.82) is 0 Å². The number of methoxy groups -OCH3 is 1. The molecule has 0 radical (unpaired) electrons. The lowest BCUT2D eigenvalue weighted by Crippen LogP contribution is -2.71. The summed E-state index contributed by atoms with van der Waals surface area (Å²) in [5.74, 6) is -0.164. The van der Waals surface area contributed by atoms with Gasteiger partial charge in [-0.25, -0.2) is 0 Å². The molecule has 1 saturated heterocycles. The second-order valence-electron chi connectivity index (χ2n) is 6.29. The summed E-state index contributed by atoms with van der Waals surface area (Å²) in [6.07, 6.45) is 0. The summed E-state index contributed by atoms with van der Waals surface area (Å²) < 4.78 is 11.5. The van der Waals surface area contributed by atoms with Crippen LogP contribution in [-0.4, -0.2) is 23.9 Å². The van der Waals surface area contributed by atoms with Crippen LogP contribution in [0.25, 0.3) is 0 Å². The molecule has 0 aromatic heterocycles. The first-order chi connectivity index (χ1) is 12.1. The van der Waals surface area contributed by atoms with Crippen LogP contribution in [0.15, 0.2) is 54.6 Å². The molecule has 2 bridgehead atoms. The minimum absolute atomic E-state index is 0.296. The summed E-state index contributed by atoms with van der Waals surface area (Å²) in [5.41, 5.74) is 0.773. The summed E-state index contributed by atoms with van der Waals surface area (Å²) >= 11 is 5.62. The molecular formula is C19H18N2O3S. The fourth-order valence-corrected chi connectivity index (χ4v) is 4.20. The molecule has 25 heavy (non-hydrogen) atoms. The smallest absolute Gasteiger partial charge is 0.317 e. The van der Waals surface area contributed by atoms with Crippen LogP contribution < -0.4 is 15.0 Å². The monoisotopic (exact) mass is 354 g/mol.